The SMILES string of the molecule is C=C([C@H](CC(=O)N1CCC(N2Cc3ccccc3NC2=O)CC1)Nc1nc(C)c2n[nH]nc2n1)N1CCC(N2CCCCC2)CC1. The maximum Gasteiger partial charge on any atom is 0.322 e. The van der Waals surface area contributed by atoms with Crippen LogP contribution in [0.15, 0.2) is 36.5 Å². The number of hydrogen-bond acceptors (Lipinski definition) is 9. The molecule has 3 saturated heterocycles. The van der Waals surface area contributed by atoms with Crippen molar-refractivity contribution in [3.05, 3.63) is 47.8 Å². The molecule has 4 aliphatic heterocycles. The zero-order chi connectivity index (χ0) is 31.6. The van der Waals surface area contributed by atoms with Crippen molar-refractivity contribution in [2.24, 2.45) is 0 Å². The number of urea groups is 1. The molecule has 3 amide bonds. The topological polar surface area (TPSA) is 139 Å². The summed E-state index contributed by atoms with van der Waals surface area (Å²) >= 11 is 0. The summed E-state index contributed by atoms with van der Waals surface area (Å²) < 4.78 is 0. The Morgan fingerprint density at radius 1 is 0.957 bits per heavy atom. The number of piperidine rings is 3. The molecule has 0 bridgehead atoms. The second-order valence-electron chi connectivity index (χ2n) is 13.2. The van der Waals surface area contributed by atoms with Crippen LogP contribution in [0.2, 0.25) is 0 Å². The van der Waals surface area contributed by atoms with Gasteiger partial charge >= 0.3 is 6.03 Å². The fourth-order valence-electron chi connectivity index (χ4n) is 7.63. The molecule has 0 aliphatic carbocycles. The van der Waals surface area contributed by atoms with E-state index < -0.39 is 0 Å². The molecule has 13 heteroatoms. The monoisotopic (exact) mass is 627 g/mol. The number of anilines is 2. The number of rotatable bonds is 8. The highest BCUT2D eigenvalue weighted by Gasteiger charge is 2.34. The van der Waals surface area contributed by atoms with E-state index >= 15 is 0 Å². The molecule has 6 heterocycles. The summed E-state index contributed by atoms with van der Waals surface area (Å²) in [5.74, 6) is 0.476. The molecule has 4 aliphatic rings. The third kappa shape index (κ3) is 6.37. The Labute approximate surface area is 269 Å². The van der Waals surface area contributed by atoms with E-state index in [1.807, 2.05) is 34.9 Å². The Balaban J connectivity index is 1.01. The molecule has 13 nitrogen and oxygen atoms in total. The minimum absolute atomic E-state index is 0.0625. The zero-order valence-corrected chi connectivity index (χ0v) is 26.7. The zero-order valence-electron chi connectivity index (χ0n) is 26.7. The Kier molecular flexibility index (Phi) is 8.74. The number of carbonyl (C=O) groups is 2. The summed E-state index contributed by atoms with van der Waals surface area (Å²) in [4.78, 5) is 44.8. The average Bonchev–Trinajstić information content (AvgIpc) is 3.57. The smallest absolute Gasteiger partial charge is 0.322 e. The van der Waals surface area contributed by atoms with Gasteiger partial charge in [0, 0.05) is 56.2 Å². The number of nitrogens with zero attached hydrogens (tertiary/aromatic N) is 8. The minimum atomic E-state index is -0.370. The fourth-order valence-corrected chi connectivity index (χ4v) is 7.63. The Morgan fingerprint density at radius 3 is 2.46 bits per heavy atom. The number of aryl methyl sites for hydroxylation is 1. The summed E-state index contributed by atoms with van der Waals surface area (Å²) in [6.07, 6.45) is 7.87. The summed E-state index contributed by atoms with van der Waals surface area (Å²) in [5.41, 5.74) is 4.73. The Morgan fingerprint density at radius 2 is 1.67 bits per heavy atom. The molecule has 1 atom stereocenters. The van der Waals surface area contributed by atoms with E-state index in [0.29, 0.717) is 48.5 Å². The van der Waals surface area contributed by atoms with Crippen LogP contribution in [-0.2, 0) is 11.3 Å². The van der Waals surface area contributed by atoms with Gasteiger partial charge in [0.15, 0.2) is 5.52 Å². The maximum atomic E-state index is 13.9. The van der Waals surface area contributed by atoms with Crippen molar-refractivity contribution in [2.45, 2.75) is 83.0 Å². The molecule has 244 valence electrons. The lowest BCUT2D eigenvalue weighted by atomic mass is 9.97. The van der Waals surface area contributed by atoms with Crippen LogP contribution in [0.1, 0.15) is 62.6 Å². The number of carbonyl (C=O) groups excluding carboxylic acids is 2. The van der Waals surface area contributed by atoms with E-state index in [0.717, 1.165) is 55.7 Å². The highest BCUT2D eigenvalue weighted by Crippen LogP contribution is 2.29. The van der Waals surface area contributed by atoms with E-state index in [-0.39, 0.29) is 30.4 Å². The van der Waals surface area contributed by atoms with Crippen LogP contribution < -0.4 is 10.6 Å². The van der Waals surface area contributed by atoms with Gasteiger partial charge in [-0.15, -0.1) is 5.10 Å². The number of para-hydroxylation sites is 1. The second-order valence-corrected chi connectivity index (χ2v) is 13.2. The summed E-state index contributed by atoms with van der Waals surface area (Å²) in [6.45, 7) is 12.5. The van der Waals surface area contributed by atoms with E-state index in [4.69, 9.17) is 0 Å². The normalized spacial score (nSPS) is 20.8. The summed E-state index contributed by atoms with van der Waals surface area (Å²) in [6, 6.07) is 8.22. The number of aromatic nitrogens is 5. The van der Waals surface area contributed by atoms with Crippen molar-refractivity contribution in [2.75, 3.05) is 49.9 Å². The van der Waals surface area contributed by atoms with Gasteiger partial charge in [-0.25, -0.2) is 9.78 Å². The lowest BCUT2D eigenvalue weighted by molar-refractivity contribution is -0.132. The van der Waals surface area contributed by atoms with E-state index in [2.05, 4.69) is 58.5 Å². The van der Waals surface area contributed by atoms with Crippen LogP contribution in [0.3, 0.4) is 0 Å². The van der Waals surface area contributed by atoms with Crippen LogP contribution >= 0.6 is 0 Å². The van der Waals surface area contributed by atoms with Crippen molar-refractivity contribution < 1.29 is 9.59 Å². The Hall–Kier alpha value is -4.26. The summed E-state index contributed by atoms with van der Waals surface area (Å²) in [7, 11) is 0. The quantitative estimate of drug-likeness (QED) is 0.341. The number of H-pyrrole nitrogens is 1. The number of fused-ring (bicyclic) bond motifs is 2. The van der Waals surface area contributed by atoms with Crippen LogP contribution in [0.5, 0.6) is 0 Å². The molecule has 1 aromatic carbocycles. The second kappa shape index (κ2) is 13.2. The van der Waals surface area contributed by atoms with Crippen molar-refractivity contribution in [3.8, 4) is 0 Å². The molecule has 3 N–H and O–H groups in total. The first kappa shape index (κ1) is 30.4. The van der Waals surface area contributed by atoms with Crippen molar-refractivity contribution in [1.29, 1.82) is 0 Å². The third-order valence-corrected chi connectivity index (χ3v) is 10.3. The number of likely N-dealkylation sites (tertiary alicyclic amines) is 3. The molecule has 0 spiro atoms. The van der Waals surface area contributed by atoms with E-state index in [9.17, 15) is 9.59 Å². The van der Waals surface area contributed by atoms with Gasteiger partial charge in [-0.1, -0.05) is 31.2 Å². The molecular formula is C33H45N11O2. The Bertz CT molecular complexity index is 1570. The van der Waals surface area contributed by atoms with Gasteiger partial charge < -0.3 is 30.2 Å². The highest BCUT2D eigenvalue weighted by molar-refractivity contribution is 5.92. The fraction of sp³-hybridized carbons (Fsp3) is 0.576. The van der Waals surface area contributed by atoms with Gasteiger partial charge in [-0.2, -0.15) is 15.3 Å². The molecule has 3 fully saturated rings. The number of amides is 3. The van der Waals surface area contributed by atoms with Crippen LogP contribution in [0.25, 0.3) is 11.2 Å². The van der Waals surface area contributed by atoms with Gasteiger partial charge in [-0.05, 0) is 70.2 Å². The van der Waals surface area contributed by atoms with Crippen molar-refractivity contribution in [3.63, 3.8) is 0 Å². The van der Waals surface area contributed by atoms with E-state index in [1.165, 1.54) is 32.4 Å². The minimum Gasteiger partial charge on any atom is -0.373 e. The predicted octanol–water partition coefficient (Wildman–Crippen LogP) is 3.73. The number of hydrogen-bond donors (Lipinski definition) is 3. The molecule has 0 radical (unpaired) electrons. The third-order valence-electron chi connectivity index (χ3n) is 10.3. The standard InChI is InChI=1S/C33H45N11O2/c1-22-30-31(39-40-38-30)37-32(34-22)35-28(23(2)41-16-10-25(11-17-41)42-14-6-3-7-15-42)20-29(45)43-18-12-26(13-19-43)44-21-24-8-4-5-9-27(24)36-33(44)46/h4-5,8-9,25-26,28H,2-3,6-7,10-21H2,1H3,(H,36,46)(H2,34,35,37,38,39,40)/t28-/m0/s1. The highest BCUT2D eigenvalue weighted by atomic mass is 16.2. The lowest BCUT2D eigenvalue weighted by Gasteiger charge is -2.43. The molecule has 0 unspecified atom stereocenters. The van der Waals surface area contributed by atoms with Gasteiger partial charge in [0.05, 0.1) is 18.2 Å². The number of nitrogens with one attached hydrogen (secondary N) is 3. The summed E-state index contributed by atoms with van der Waals surface area (Å²) in [5, 5.41) is 17.4. The average molecular weight is 628 g/mol. The molecular weight excluding hydrogens is 582 g/mol. The van der Waals surface area contributed by atoms with Crippen molar-refractivity contribution in [1.82, 2.24) is 45.0 Å². The molecule has 2 aromatic heterocycles. The molecule has 46 heavy (non-hydrogen) atoms. The van der Waals surface area contributed by atoms with Crippen LogP contribution in [0.4, 0.5) is 16.4 Å². The first-order valence-electron chi connectivity index (χ1n) is 16.9. The van der Waals surface area contributed by atoms with Crippen molar-refractivity contribution >= 4 is 34.7 Å². The number of benzene rings is 1. The molecule has 7 rings (SSSR count). The molecule has 0 saturated carbocycles. The van der Waals surface area contributed by atoms with Gasteiger partial charge in [0.25, 0.3) is 0 Å². The first-order chi connectivity index (χ1) is 22.4. The van der Waals surface area contributed by atoms with Crippen LogP contribution in [0, 0.1) is 6.92 Å². The first-order valence-corrected chi connectivity index (χ1v) is 16.9. The van der Waals surface area contributed by atoms with Gasteiger partial charge in [-0.3, -0.25) is 4.79 Å². The van der Waals surface area contributed by atoms with Gasteiger partial charge in [0.1, 0.15) is 0 Å². The van der Waals surface area contributed by atoms with E-state index in [1.54, 1.807) is 0 Å². The molecule has 3 aromatic rings. The largest absolute Gasteiger partial charge is 0.373 e. The lowest BCUT2D eigenvalue weighted by Crippen LogP contribution is -2.52. The maximum absolute atomic E-state index is 13.9. The number of aromatic amines is 1. The predicted molar refractivity (Wildman–Crippen MR) is 176 cm³/mol. The van der Waals surface area contributed by atoms with Gasteiger partial charge in [0.2, 0.25) is 17.5 Å². The van der Waals surface area contributed by atoms with Crippen LogP contribution in [-0.4, -0.2) is 114 Å².